The Kier molecular flexibility index (Phi) is 9.21. The highest BCUT2D eigenvalue weighted by Crippen LogP contribution is 2.35. The zero-order chi connectivity index (χ0) is 33.3. The average molecular weight is 657 g/mol. The van der Waals surface area contributed by atoms with Gasteiger partial charge in [0.2, 0.25) is 0 Å². The van der Waals surface area contributed by atoms with Gasteiger partial charge in [-0.25, -0.2) is 14.4 Å². The summed E-state index contributed by atoms with van der Waals surface area (Å²) in [7, 11) is -4.33. The van der Waals surface area contributed by atoms with Crippen molar-refractivity contribution in [2.24, 2.45) is 0 Å². The number of H-pyrrole nitrogens is 1. The fraction of sp³-hybridized carbons (Fsp3) is 0.323. The second-order valence-electron chi connectivity index (χ2n) is 10.7. The number of piperidine rings is 1. The van der Waals surface area contributed by atoms with Crippen molar-refractivity contribution in [1.82, 2.24) is 10.0 Å². The van der Waals surface area contributed by atoms with Gasteiger partial charge in [0.25, 0.3) is 0 Å². The number of carbonyl (C=O) groups is 2. The van der Waals surface area contributed by atoms with E-state index in [0.717, 1.165) is 10.6 Å². The lowest BCUT2D eigenvalue weighted by Crippen LogP contribution is -2.58. The van der Waals surface area contributed by atoms with E-state index in [0.29, 0.717) is 5.69 Å². The predicted molar refractivity (Wildman–Crippen MR) is 161 cm³/mol. The van der Waals surface area contributed by atoms with Gasteiger partial charge in [-0.05, 0) is 64.1 Å². The van der Waals surface area contributed by atoms with Gasteiger partial charge in [-0.15, -0.1) is 0 Å². The van der Waals surface area contributed by atoms with Gasteiger partial charge in [0.05, 0.1) is 30.0 Å². The molecule has 4 aromatic rings. The maximum atomic E-state index is 13.1. The number of hydrogen-bond acceptors (Lipinski definition) is 13. The largest absolute Gasteiger partial charge is 0.506 e. The minimum absolute atomic E-state index is 0.0268. The molecule has 3 N–H and O–H groups in total. The molecule has 5 rings (SSSR count). The van der Waals surface area contributed by atoms with Crippen molar-refractivity contribution in [1.29, 1.82) is 0 Å². The summed E-state index contributed by atoms with van der Waals surface area (Å²) in [5, 5.41) is 23.0. The smallest absolute Gasteiger partial charge is 0.355 e. The van der Waals surface area contributed by atoms with Crippen LogP contribution >= 0.6 is 0 Å². The van der Waals surface area contributed by atoms with E-state index in [-0.39, 0.29) is 52.6 Å². The lowest BCUT2D eigenvalue weighted by molar-refractivity contribution is -0.176. The molecule has 2 aromatic heterocycles. The summed E-state index contributed by atoms with van der Waals surface area (Å²) >= 11 is 0. The molecule has 244 valence electrons. The molecule has 1 aliphatic rings. The quantitative estimate of drug-likeness (QED) is 0.176. The lowest BCUT2D eigenvalue weighted by atomic mass is 10.0. The van der Waals surface area contributed by atoms with Crippen molar-refractivity contribution in [2.45, 2.75) is 50.9 Å². The number of aryl methyl sites for hydroxylation is 3. The van der Waals surface area contributed by atoms with Crippen LogP contribution in [0.25, 0.3) is 11.0 Å². The van der Waals surface area contributed by atoms with E-state index in [1.165, 1.54) is 37.3 Å². The zero-order valence-corrected chi connectivity index (χ0v) is 26.1. The van der Waals surface area contributed by atoms with Crippen molar-refractivity contribution < 1.29 is 51.1 Å². The van der Waals surface area contributed by atoms with E-state index in [9.17, 15) is 33.0 Å². The number of aromatic nitrogens is 1. The summed E-state index contributed by atoms with van der Waals surface area (Å²) in [5.74, 6) is -2.40. The summed E-state index contributed by atoms with van der Waals surface area (Å²) in [6.45, 7) is 5.95. The number of aliphatic hydroxyl groups is 1. The number of ether oxygens (including phenoxy) is 3. The van der Waals surface area contributed by atoms with Crippen molar-refractivity contribution in [3.63, 3.8) is 0 Å². The monoisotopic (exact) mass is 656 g/mol. The van der Waals surface area contributed by atoms with Gasteiger partial charge in [-0.3, -0.25) is 0 Å². The first-order chi connectivity index (χ1) is 21.8. The van der Waals surface area contributed by atoms with Crippen molar-refractivity contribution in [2.75, 3.05) is 19.7 Å². The third kappa shape index (κ3) is 6.62. The van der Waals surface area contributed by atoms with E-state index in [2.05, 4.69) is 4.98 Å². The highest BCUT2D eigenvalue weighted by molar-refractivity contribution is 7.86. The van der Waals surface area contributed by atoms with Crippen LogP contribution in [-0.2, 0) is 23.9 Å². The fourth-order valence-corrected chi connectivity index (χ4v) is 5.91. The maximum Gasteiger partial charge on any atom is 0.355 e. The topological polar surface area (TPSA) is 195 Å². The van der Waals surface area contributed by atoms with E-state index in [1.807, 2.05) is 0 Å². The molecule has 15 heteroatoms. The number of benzene rings is 2. The number of nitrogens with one attached hydrogen (secondary N) is 1. The molecule has 1 saturated heterocycles. The van der Waals surface area contributed by atoms with Crippen molar-refractivity contribution >= 4 is 33.0 Å². The molecule has 2 aromatic carbocycles. The third-order valence-electron chi connectivity index (χ3n) is 7.36. The second kappa shape index (κ2) is 13.0. The summed E-state index contributed by atoms with van der Waals surface area (Å²) in [4.78, 5) is 40.4. The molecule has 0 unspecified atom stereocenters. The van der Waals surface area contributed by atoms with Crippen LogP contribution < -0.4 is 10.4 Å². The minimum Gasteiger partial charge on any atom is -0.506 e. The Morgan fingerprint density at radius 2 is 1.70 bits per heavy atom. The molecule has 14 nitrogen and oxygen atoms in total. The minimum atomic E-state index is -4.33. The molecular formula is C31H32N2O12S. The number of aromatic amines is 1. The SMILES string of the molecule is CCOC(=O)c1c(O)c2ccc(O[C@H]3CN(OS(=O)(=O)c4ccc(C)cc4)C[C@H](OC(=O)c4ccc(C)[nH]4)[C@@H]3O)c(C)c2oc1=O. The molecule has 0 radical (unpaired) electrons. The Hall–Kier alpha value is -4.70. The highest BCUT2D eigenvalue weighted by Gasteiger charge is 2.42. The molecule has 3 heterocycles. The fourth-order valence-electron chi connectivity index (χ4n) is 4.96. The van der Waals surface area contributed by atoms with Gasteiger partial charge in [0, 0.05) is 11.3 Å². The predicted octanol–water partition coefficient (Wildman–Crippen LogP) is 2.90. The number of carbonyl (C=O) groups excluding carboxylic acids is 2. The summed E-state index contributed by atoms with van der Waals surface area (Å²) in [5.41, 5.74) is -0.0116. The number of rotatable bonds is 9. The van der Waals surface area contributed by atoms with Crippen molar-refractivity contribution in [3.8, 4) is 11.5 Å². The number of hydrogen-bond donors (Lipinski definition) is 3. The van der Waals surface area contributed by atoms with Crippen LogP contribution in [0.1, 0.15) is 44.6 Å². The Bertz CT molecular complexity index is 1950. The van der Waals surface area contributed by atoms with Gasteiger partial charge in [-0.2, -0.15) is 17.8 Å². The highest BCUT2D eigenvalue weighted by atomic mass is 32.2. The third-order valence-corrected chi connectivity index (χ3v) is 8.61. The average Bonchev–Trinajstić information content (AvgIpc) is 3.43. The maximum absolute atomic E-state index is 13.1. The number of fused-ring (bicyclic) bond motifs is 1. The molecule has 1 aliphatic heterocycles. The van der Waals surface area contributed by atoms with Crippen LogP contribution in [0, 0.1) is 20.8 Å². The molecule has 1 fully saturated rings. The summed E-state index contributed by atoms with van der Waals surface area (Å²) in [6.07, 6.45) is -4.01. The second-order valence-corrected chi connectivity index (χ2v) is 12.3. The van der Waals surface area contributed by atoms with Crippen LogP contribution in [0.5, 0.6) is 11.5 Å². The Morgan fingerprint density at radius 3 is 2.35 bits per heavy atom. The molecule has 0 amide bonds. The molecule has 0 bridgehead atoms. The Labute approximate surface area is 263 Å². The molecule has 3 atom stereocenters. The van der Waals surface area contributed by atoms with E-state index >= 15 is 0 Å². The van der Waals surface area contributed by atoms with Crippen LogP contribution in [0.15, 0.2) is 62.6 Å². The van der Waals surface area contributed by atoms with E-state index in [4.69, 9.17) is 22.9 Å². The number of aliphatic hydroxyl groups excluding tert-OH is 1. The number of esters is 2. The Morgan fingerprint density at radius 1 is 1.00 bits per heavy atom. The van der Waals surface area contributed by atoms with Crippen LogP contribution in [0.2, 0.25) is 0 Å². The van der Waals surface area contributed by atoms with Crippen LogP contribution in [0.4, 0.5) is 0 Å². The van der Waals surface area contributed by atoms with E-state index < -0.39 is 57.3 Å². The van der Waals surface area contributed by atoms with Crippen LogP contribution in [-0.4, -0.2) is 78.6 Å². The molecular weight excluding hydrogens is 624 g/mol. The van der Waals surface area contributed by atoms with Gasteiger partial charge in [-0.1, -0.05) is 17.7 Å². The molecule has 46 heavy (non-hydrogen) atoms. The molecule has 0 saturated carbocycles. The van der Waals surface area contributed by atoms with Crippen molar-refractivity contribution in [3.05, 3.63) is 87.0 Å². The molecule has 0 aliphatic carbocycles. The number of hydroxylamine groups is 2. The normalized spacial score (nSPS) is 18.8. The zero-order valence-electron chi connectivity index (χ0n) is 25.3. The summed E-state index contributed by atoms with van der Waals surface area (Å²) < 4.78 is 53.5. The lowest BCUT2D eigenvalue weighted by Gasteiger charge is -2.39. The standard InChI is InChI=1S/C31H32N2O12S/c1-5-41-30(37)25-26(34)20-11-13-22(18(4)28(20)44-31(25)38)42-23-14-33(45-46(39,40)19-9-6-16(2)7-10-19)15-24(27(23)35)43-29(36)21-12-8-17(3)32-21/h6-13,23-24,27,32,34-35H,5,14-15H2,1-4H3/t23-,24-,27+/m0/s1. The first kappa shape index (κ1) is 32.7. The summed E-state index contributed by atoms with van der Waals surface area (Å²) in [6, 6.07) is 11.9. The van der Waals surface area contributed by atoms with Gasteiger partial charge >= 0.3 is 27.7 Å². The Balaban J connectivity index is 1.46. The number of nitrogens with zero attached hydrogens (tertiary/aromatic N) is 1. The van der Waals surface area contributed by atoms with Gasteiger partial charge in [0.15, 0.2) is 5.56 Å². The van der Waals surface area contributed by atoms with E-state index in [1.54, 1.807) is 39.0 Å². The first-order valence-electron chi connectivity index (χ1n) is 14.2. The van der Waals surface area contributed by atoms with Gasteiger partial charge < -0.3 is 33.8 Å². The first-order valence-corrected chi connectivity index (χ1v) is 15.6. The van der Waals surface area contributed by atoms with Gasteiger partial charge in [0.1, 0.15) is 41.1 Å². The molecule has 0 spiro atoms. The number of aromatic hydroxyl groups is 1. The van der Waals surface area contributed by atoms with Crippen LogP contribution in [0.3, 0.4) is 0 Å².